The molecule has 0 radical (unpaired) electrons. The van der Waals surface area contributed by atoms with Crippen LogP contribution in [-0.2, 0) is 14.1 Å². The van der Waals surface area contributed by atoms with Crippen molar-refractivity contribution in [3.63, 3.8) is 0 Å². The van der Waals surface area contributed by atoms with Gasteiger partial charge in [-0.1, -0.05) is 0 Å². The fourth-order valence-corrected chi connectivity index (χ4v) is 2.82. The summed E-state index contributed by atoms with van der Waals surface area (Å²) in [5.74, 6) is 0.00783. The molecule has 0 aromatic carbocycles. The first-order valence-electron chi connectivity index (χ1n) is 8.52. The maximum atomic E-state index is 14.6. The molecular formula is C17H21BFN3O3. The third kappa shape index (κ3) is 2.83. The zero-order valence-corrected chi connectivity index (χ0v) is 14.8. The van der Waals surface area contributed by atoms with Gasteiger partial charge < -0.3 is 14.6 Å². The molecule has 132 valence electrons. The van der Waals surface area contributed by atoms with E-state index in [0.717, 1.165) is 12.8 Å². The molecular weight excluding hydrogens is 324 g/mol. The topological polar surface area (TPSA) is 64.9 Å². The molecule has 2 aromatic heterocycles. The number of carbonyl (C=O) groups excluding carboxylic acids is 1. The number of halogens is 1. The molecule has 1 amide bonds. The average Bonchev–Trinajstić information content (AvgIpc) is 3.23. The fourth-order valence-electron chi connectivity index (χ4n) is 2.82. The van der Waals surface area contributed by atoms with Crippen molar-refractivity contribution in [3.8, 4) is 0 Å². The highest BCUT2D eigenvalue weighted by Gasteiger charge is 2.52. The third-order valence-electron chi connectivity index (χ3n) is 5.29. The highest BCUT2D eigenvalue weighted by molar-refractivity contribution is 6.62. The van der Waals surface area contributed by atoms with Gasteiger partial charge in [0.15, 0.2) is 5.82 Å². The zero-order valence-electron chi connectivity index (χ0n) is 14.8. The molecule has 2 aliphatic rings. The van der Waals surface area contributed by atoms with E-state index in [4.69, 9.17) is 9.31 Å². The van der Waals surface area contributed by atoms with E-state index >= 15 is 0 Å². The predicted molar refractivity (Wildman–Crippen MR) is 92.2 cm³/mol. The maximum Gasteiger partial charge on any atom is 0.497 e. The van der Waals surface area contributed by atoms with E-state index in [1.54, 1.807) is 12.1 Å². The Bertz CT molecular complexity index is 844. The molecule has 4 rings (SSSR count). The van der Waals surface area contributed by atoms with Crippen LogP contribution in [0.5, 0.6) is 0 Å². The molecule has 0 unspecified atom stereocenters. The minimum Gasteiger partial charge on any atom is -0.399 e. The second-order valence-corrected chi connectivity index (χ2v) is 7.83. The predicted octanol–water partition coefficient (Wildman–Crippen LogP) is 2.12. The van der Waals surface area contributed by atoms with Crippen LogP contribution in [-0.4, -0.2) is 33.8 Å². The van der Waals surface area contributed by atoms with E-state index in [1.807, 2.05) is 27.7 Å². The Labute approximate surface area is 145 Å². The lowest BCUT2D eigenvalue weighted by Gasteiger charge is -2.32. The van der Waals surface area contributed by atoms with Crippen LogP contribution < -0.4 is 10.8 Å². The van der Waals surface area contributed by atoms with Crippen molar-refractivity contribution in [1.82, 2.24) is 9.61 Å². The van der Waals surface area contributed by atoms with Gasteiger partial charge in [-0.15, -0.1) is 5.10 Å². The van der Waals surface area contributed by atoms with Gasteiger partial charge in [0, 0.05) is 17.4 Å². The molecule has 2 fully saturated rings. The number of nitrogens with zero attached hydrogens (tertiary/aromatic N) is 2. The Morgan fingerprint density at radius 3 is 2.52 bits per heavy atom. The lowest BCUT2D eigenvalue weighted by Crippen LogP contribution is -2.41. The second kappa shape index (κ2) is 5.28. The van der Waals surface area contributed by atoms with Crippen LogP contribution in [0, 0.1) is 11.7 Å². The molecule has 1 saturated heterocycles. The molecule has 8 heteroatoms. The number of fused-ring (bicyclic) bond motifs is 1. The van der Waals surface area contributed by atoms with Crippen molar-refractivity contribution in [3.05, 3.63) is 24.1 Å². The van der Waals surface area contributed by atoms with Gasteiger partial charge in [-0.25, -0.2) is 8.91 Å². The quantitative estimate of drug-likeness (QED) is 0.866. The van der Waals surface area contributed by atoms with Gasteiger partial charge in [0.25, 0.3) is 0 Å². The Morgan fingerprint density at radius 1 is 1.28 bits per heavy atom. The summed E-state index contributed by atoms with van der Waals surface area (Å²) < 4.78 is 27.8. The van der Waals surface area contributed by atoms with Gasteiger partial charge >= 0.3 is 7.12 Å². The van der Waals surface area contributed by atoms with Gasteiger partial charge in [-0.05, 0) is 46.6 Å². The third-order valence-corrected chi connectivity index (χ3v) is 5.29. The van der Waals surface area contributed by atoms with E-state index in [0.29, 0.717) is 16.8 Å². The number of hydrogen-bond donors (Lipinski definition) is 1. The van der Waals surface area contributed by atoms with Gasteiger partial charge in [-0.2, -0.15) is 0 Å². The molecule has 0 atom stereocenters. The molecule has 3 heterocycles. The number of amides is 1. The summed E-state index contributed by atoms with van der Waals surface area (Å²) in [5, 5.41) is 6.98. The average molecular weight is 345 g/mol. The van der Waals surface area contributed by atoms with Crippen LogP contribution in [0.3, 0.4) is 0 Å². The highest BCUT2D eigenvalue weighted by atomic mass is 19.1. The summed E-state index contributed by atoms with van der Waals surface area (Å²) in [7, 11) is -0.783. The van der Waals surface area contributed by atoms with Crippen LogP contribution in [0.1, 0.15) is 40.5 Å². The lowest BCUT2D eigenvalue weighted by atomic mass is 9.79. The summed E-state index contributed by atoms with van der Waals surface area (Å²) in [6.07, 6.45) is 3.11. The normalized spacial score (nSPS) is 21.7. The SMILES string of the molecule is CC1(C)OB(c2cc3cc(NC(=O)C4CC4)nn3cc2F)OC1(C)C. The monoisotopic (exact) mass is 345 g/mol. The number of rotatable bonds is 3. The van der Waals surface area contributed by atoms with E-state index < -0.39 is 24.1 Å². The molecule has 25 heavy (non-hydrogen) atoms. The number of aromatic nitrogens is 2. The lowest BCUT2D eigenvalue weighted by molar-refractivity contribution is -0.117. The van der Waals surface area contributed by atoms with Gasteiger partial charge in [0.1, 0.15) is 5.82 Å². The summed E-state index contributed by atoms with van der Waals surface area (Å²) in [5.41, 5.74) is -0.0944. The number of nitrogens with one attached hydrogen (secondary N) is 1. The first-order chi connectivity index (χ1) is 11.7. The van der Waals surface area contributed by atoms with Crippen molar-refractivity contribution in [1.29, 1.82) is 0 Å². The summed E-state index contributed by atoms with van der Waals surface area (Å²) in [4.78, 5) is 11.9. The fraction of sp³-hybridized carbons (Fsp3) is 0.529. The molecule has 2 aromatic rings. The first kappa shape index (κ1) is 16.5. The first-order valence-corrected chi connectivity index (χ1v) is 8.52. The summed E-state index contributed by atoms with van der Waals surface area (Å²) in [6, 6.07) is 3.37. The minimum absolute atomic E-state index is 0.0324. The van der Waals surface area contributed by atoms with E-state index in [9.17, 15) is 9.18 Å². The van der Waals surface area contributed by atoms with Crippen LogP contribution in [0.15, 0.2) is 18.3 Å². The standard InChI is InChI=1S/C17H21BFN3O3/c1-16(2)17(3,4)25-18(24-16)12-7-11-8-14(20-15(23)10-5-6-10)21-22(11)9-13(12)19/h7-10H,5-6H2,1-4H3,(H,20,21,23). The zero-order chi connectivity index (χ0) is 18.0. The minimum atomic E-state index is -0.783. The Balaban J connectivity index is 1.64. The van der Waals surface area contributed by atoms with Gasteiger partial charge in [0.05, 0.1) is 22.9 Å². The van der Waals surface area contributed by atoms with Crippen LogP contribution in [0.2, 0.25) is 0 Å². The molecule has 1 aliphatic carbocycles. The Kier molecular flexibility index (Phi) is 3.50. The van der Waals surface area contributed by atoms with Crippen LogP contribution >= 0.6 is 0 Å². The largest absolute Gasteiger partial charge is 0.497 e. The Morgan fingerprint density at radius 2 is 1.92 bits per heavy atom. The number of pyridine rings is 1. The van der Waals surface area contributed by atoms with Crippen molar-refractivity contribution < 1.29 is 18.5 Å². The van der Waals surface area contributed by atoms with E-state index in [-0.39, 0.29) is 11.8 Å². The molecule has 0 bridgehead atoms. The number of hydrogen-bond acceptors (Lipinski definition) is 4. The summed E-state index contributed by atoms with van der Waals surface area (Å²) >= 11 is 0. The van der Waals surface area contributed by atoms with Crippen molar-refractivity contribution in [2.75, 3.05) is 5.32 Å². The molecule has 1 saturated carbocycles. The number of carbonyl (C=O) groups is 1. The maximum absolute atomic E-state index is 14.6. The molecule has 0 spiro atoms. The molecule has 6 nitrogen and oxygen atoms in total. The molecule has 1 aliphatic heterocycles. The van der Waals surface area contributed by atoms with Crippen molar-refractivity contribution >= 4 is 29.8 Å². The van der Waals surface area contributed by atoms with Crippen molar-refractivity contribution in [2.24, 2.45) is 5.92 Å². The van der Waals surface area contributed by atoms with E-state index in [1.165, 1.54) is 10.7 Å². The van der Waals surface area contributed by atoms with Crippen molar-refractivity contribution in [2.45, 2.75) is 51.7 Å². The van der Waals surface area contributed by atoms with Crippen LogP contribution in [0.25, 0.3) is 5.52 Å². The van der Waals surface area contributed by atoms with Gasteiger partial charge in [0.2, 0.25) is 5.91 Å². The highest BCUT2D eigenvalue weighted by Crippen LogP contribution is 2.36. The van der Waals surface area contributed by atoms with Gasteiger partial charge in [-0.3, -0.25) is 4.79 Å². The second-order valence-electron chi connectivity index (χ2n) is 7.83. The van der Waals surface area contributed by atoms with E-state index in [2.05, 4.69) is 10.4 Å². The molecule has 1 N–H and O–H groups in total. The smallest absolute Gasteiger partial charge is 0.399 e. The number of anilines is 1. The van der Waals surface area contributed by atoms with Crippen LogP contribution in [0.4, 0.5) is 10.2 Å². The summed E-state index contributed by atoms with van der Waals surface area (Å²) in [6.45, 7) is 7.70. The Hall–Kier alpha value is -1.93.